The average Bonchev–Trinajstić information content (AvgIpc) is 2.96. The predicted molar refractivity (Wildman–Crippen MR) is 119 cm³/mol. The van der Waals surface area contributed by atoms with Crippen molar-refractivity contribution in [2.24, 2.45) is 0 Å². The maximum absolute atomic E-state index is 13.4. The van der Waals surface area contributed by atoms with Gasteiger partial charge in [0.1, 0.15) is 5.82 Å². The Bertz CT molecular complexity index is 1190. The molecule has 3 nitrogen and oxygen atoms in total. The third kappa shape index (κ3) is 3.88. The Balaban J connectivity index is 1.82. The van der Waals surface area contributed by atoms with Crippen LogP contribution in [0.5, 0.6) is 0 Å². The Morgan fingerprint density at radius 1 is 0.867 bits per heavy atom. The molecule has 30 heavy (non-hydrogen) atoms. The van der Waals surface area contributed by atoms with Crippen LogP contribution in [-0.4, -0.2) is 11.8 Å². The van der Waals surface area contributed by atoms with Crippen LogP contribution in [0.1, 0.15) is 11.1 Å². The van der Waals surface area contributed by atoms with E-state index < -0.39 is 17.6 Å². The molecule has 0 saturated heterocycles. The van der Waals surface area contributed by atoms with Gasteiger partial charge in [0.15, 0.2) is 0 Å². The molecule has 1 aliphatic rings. The summed E-state index contributed by atoms with van der Waals surface area (Å²) in [6.45, 7) is 1.84. The summed E-state index contributed by atoms with van der Waals surface area (Å²) >= 11 is 13.3. The fourth-order valence-electron chi connectivity index (χ4n) is 3.05. The van der Waals surface area contributed by atoms with Gasteiger partial charge in [0.05, 0.1) is 16.2 Å². The van der Waals surface area contributed by atoms with Crippen LogP contribution in [-0.2, 0) is 9.59 Å². The van der Waals surface area contributed by atoms with Gasteiger partial charge < -0.3 is 0 Å². The number of carbonyl (C=O) groups is 2. The maximum Gasteiger partial charge on any atom is 0.272 e. The zero-order valence-electron chi connectivity index (χ0n) is 15.7. The predicted octanol–water partition coefficient (Wildman–Crippen LogP) is 6.52. The summed E-state index contributed by atoms with van der Waals surface area (Å²) < 4.78 is 13.4. The quantitative estimate of drug-likeness (QED) is 0.418. The van der Waals surface area contributed by atoms with Crippen molar-refractivity contribution in [1.82, 2.24) is 0 Å². The fraction of sp³-hybridized carbons (Fsp3) is 0.0435. The van der Waals surface area contributed by atoms with Crippen LogP contribution in [0.2, 0.25) is 10.0 Å². The van der Waals surface area contributed by atoms with Gasteiger partial charge >= 0.3 is 0 Å². The molecule has 150 valence electrons. The van der Waals surface area contributed by atoms with Crippen LogP contribution in [0.25, 0.3) is 5.57 Å². The molecule has 0 bridgehead atoms. The maximum atomic E-state index is 13.4. The lowest BCUT2D eigenvalue weighted by Crippen LogP contribution is -2.31. The highest BCUT2D eigenvalue weighted by molar-refractivity contribution is 8.04. The highest BCUT2D eigenvalue weighted by atomic mass is 35.5. The highest BCUT2D eigenvalue weighted by Gasteiger charge is 2.40. The summed E-state index contributed by atoms with van der Waals surface area (Å²) in [5.74, 6) is -1.37. The second kappa shape index (κ2) is 8.26. The topological polar surface area (TPSA) is 37.4 Å². The number of nitrogens with zero attached hydrogens (tertiary/aromatic N) is 1. The number of thioether (sulfide) groups is 1. The molecule has 2 amide bonds. The van der Waals surface area contributed by atoms with Crippen LogP contribution in [0.15, 0.2) is 76.5 Å². The number of imide groups is 1. The third-order valence-corrected chi connectivity index (χ3v) is 6.37. The van der Waals surface area contributed by atoms with Gasteiger partial charge in [-0.1, -0.05) is 53.2 Å². The monoisotopic (exact) mass is 457 g/mol. The SMILES string of the molecule is Cc1ccc(N2C(=O)C(Sc3ccc(Cl)cc3)=C(c3ccc(F)cc3)C2=O)cc1Cl. The minimum absolute atomic E-state index is 0.219. The second-order valence-electron chi connectivity index (χ2n) is 6.65. The van der Waals surface area contributed by atoms with Crippen molar-refractivity contribution < 1.29 is 14.0 Å². The second-order valence-corrected chi connectivity index (χ2v) is 8.57. The minimum atomic E-state index is -0.483. The number of halogens is 3. The molecule has 0 aliphatic carbocycles. The largest absolute Gasteiger partial charge is 0.272 e. The van der Waals surface area contributed by atoms with Crippen LogP contribution in [0.3, 0.4) is 0 Å². The van der Waals surface area contributed by atoms with E-state index >= 15 is 0 Å². The fourth-order valence-corrected chi connectivity index (χ4v) is 4.35. The number of benzene rings is 3. The summed E-state index contributed by atoms with van der Waals surface area (Å²) in [4.78, 5) is 28.8. The van der Waals surface area contributed by atoms with Crippen LogP contribution >= 0.6 is 35.0 Å². The van der Waals surface area contributed by atoms with Crippen molar-refractivity contribution in [2.45, 2.75) is 11.8 Å². The number of rotatable bonds is 4. The summed E-state index contributed by atoms with van der Waals surface area (Å²) in [7, 11) is 0. The van der Waals surface area contributed by atoms with E-state index in [1.807, 2.05) is 6.92 Å². The first kappa shape index (κ1) is 20.7. The number of amides is 2. The van der Waals surface area contributed by atoms with E-state index in [1.54, 1.807) is 42.5 Å². The van der Waals surface area contributed by atoms with Crippen LogP contribution in [0.4, 0.5) is 10.1 Å². The number of hydrogen-bond donors (Lipinski definition) is 0. The van der Waals surface area contributed by atoms with Gasteiger partial charge in [-0.25, -0.2) is 9.29 Å². The number of aryl methyl sites for hydroxylation is 1. The first-order chi connectivity index (χ1) is 14.3. The van der Waals surface area contributed by atoms with E-state index in [0.29, 0.717) is 21.3 Å². The summed E-state index contributed by atoms with van der Waals surface area (Å²) in [5, 5.41) is 1.02. The molecule has 0 spiro atoms. The molecule has 3 aromatic rings. The van der Waals surface area contributed by atoms with Crippen molar-refractivity contribution in [1.29, 1.82) is 0 Å². The van der Waals surface area contributed by atoms with E-state index in [2.05, 4.69) is 0 Å². The zero-order chi connectivity index (χ0) is 21.4. The Morgan fingerprint density at radius 3 is 2.17 bits per heavy atom. The van der Waals surface area contributed by atoms with Gasteiger partial charge in [0, 0.05) is 14.9 Å². The van der Waals surface area contributed by atoms with Crippen LogP contribution in [0, 0.1) is 12.7 Å². The van der Waals surface area contributed by atoms with Crippen molar-refractivity contribution in [3.63, 3.8) is 0 Å². The first-order valence-electron chi connectivity index (χ1n) is 8.94. The molecular formula is C23H14Cl2FNO2S. The first-order valence-corrected chi connectivity index (χ1v) is 10.5. The molecule has 1 heterocycles. The standard InChI is InChI=1S/C23H14Cl2FNO2S/c1-13-2-9-17(12-19(13)25)27-22(28)20(14-3-7-16(26)8-4-14)21(23(27)29)30-18-10-5-15(24)6-11-18/h2-12H,1H3. The van der Waals surface area contributed by atoms with Crippen molar-refractivity contribution in [3.05, 3.63) is 98.6 Å². The Kier molecular flexibility index (Phi) is 5.69. The normalized spacial score (nSPS) is 14.1. The van der Waals surface area contributed by atoms with E-state index in [4.69, 9.17) is 23.2 Å². The lowest BCUT2D eigenvalue weighted by atomic mass is 10.1. The van der Waals surface area contributed by atoms with Gasteiger partial charge in [0.25, 0.3) is 11.8 Å². The smallest absolute Gasteiger partial charge is 0.268 e. The third-order valence-electron chi connectivity index (χ3n) is 4.62. The summed E-state index contributed by atoms with van der Waals surface area (Å²) in [6, 6.07) is 17.5. The molecule has 0 radical (unpaired) electrons. The van der Waals surface area contributed by atoms with Gasteiger partial charge in [-0.3, -0.25) is 9.59 Å². The molecular weight excluding hydrogens is 444 g/mol. The van der Waals surface area contributed by atoms with Crippen molar-refractivity contribution in [2.75, 3.05) is 4.90 Å². The molecule has 0 N–H and O–H groups in total. The number of hydrogen-bond acceptors (Lipinski definition) is 3. The van der Waals surface area contributed by atoms with E-state index in [-0.39, 0.29) is 10.5 Å². The summed E-state index contributed by atoms with van der Waals surface area (Å²) in [5.41, 5.74) is 1.90. The van der Waals surface area contributed by atoms with E-state index in [1.165, 1.54) is 36.0 Å². The summed E-state index contributed by atoms with van der Waals surface area (Å²) in [6.07, 6.45) is 0. The molecule has 0 saturated carbocycles. The molecule has 7 heteroatoms. The molecule has 4 rings (SSSR count). The number of anilines is 1. The lowest BCUT2D eigenvalue weighted by Gasteiger charge is -2.16. The molecule has 1 aliphatic heterocycles. The average molecular weight is 458 g/mol. The Hall–Kier alpha value is -2.60. The Morgan fingerprint density at radius 2 is 1.53 bits per heavy atom. The highest BCUT2D eigenvalue weighted by Crippen LogP contribution is 2.42. The van der Waals surface area contributed by atoms with Gasteiger partial charge in [-0.05, 0) is 66.6 Å². The molecule has 3 aromatic carbocycles. The molecule has 0 atom stereocenters. The minimum Gasteiger partial charge on any atom is -0.268 e. The zero-order valence-corrected chi connectivity index (χ0v) is 18.0. The van der Waals surface area contributed by atoms with Crippen LogP contribution < -0.4 is 4.90 Å². The molecule has 0 aromatic heterocycles. The van der Waals surface area contributed by atoms with Gasteiger partial charge in [-0.15, -0.1) is 0 Å². The van der Waals surface area contributed by atoms with Crippen molar-refractivity contribution in [3.8, 4) is 0 Å². The van der Waals surface area contributed by atoms with E-state index in [0.717, 1.165) is 15.4 Å². The molecule has 0 unspecified atom stereocenters. The van der Waals surface area contributed by atoms with E-state index in [9.17, 15) is 14.0 Å². The molecule has 0 fully saturated rings. The van der Waals surface area contributed by atoms with Gasteiger partial charge in [0.2, 0.25) is 0 Å². The van der Waals surface area contributed by atoms with Crippen molar-refractivity contribution >= 4 is 58.0 Å². The Labute approximate surface area is 187 Å². The number of carbonyl (C=O) groups excluding carboxylic acids is 2. The van der Waals surface area contributed by atoms with Gasteiger partial charge in [-0.2, -0.15) is 0 Å². The lowest BCUT2D eigenvalue weighted by molar-refractivity contribution is -0.119.